The van der Waals surface area contributed by atoms with Crippen molar-refractivity contribution in [3.05, 3.63) is 29.8 Å². The number of rotatable bonds is 3. The first-order valence-corrected chi connectivity index (χ1v) is 6.24. The van der Waals surface area contributed by atoms with Gasteiger partial charge in [-0.15, -0.1) is 0 Å². The summed E-state index contributed by atoms with van der Waals surface area (Å²) in [5.74, 6) is -0.168. The van der Waals surface area contributed by atoms with Gasteiger partial charge in [0.15, 0.2) is 0 Å². The van der Waals surface area contributed by atoms with E-state index in [-0.39, 0.29) is 5.56 Å². The number of nitrogens with zero attached hydrogens (tertiary/aromatic N) is 3. The second kappa shape index (κ2) is 5.30. The normalized spacial score (nSPS) is 15.3. The van der Waals surface area contributed by atoms with Crippen molar-refractivity contribution in [3.8, 4) is 11.5 Å². The summed E-state index contributed by atoms with van der Waals surface area (Å²) in [5, 5.41) is 12.9. The van der Waals surface area contributed by atoms with E-state index in [4.69, 9.17) is 14.4 Å². The second-order valence-electron chi connectivity index (χ2n) is 4.38. The molecule has 0 spiro atoms. The van der Waals surface area contributed by atoms with Crippen LogP contribution in [0.2, 0.25) is 0 Å². The average Bonchev–Trinajstić information content (AvgIpc) is 2.98. The number of hydrogen-bond acceptors (Lipinski definition) is 6. The number of ether oxygens (including phenoxy) is 1. The van der Waals surface area contributed by atoms with Crippen molar-refractivity contribution in [1.29, 1.82) is 0 Å². The quantitative estimate of drug-likeness (QED) is 0.902. The molecule has 1 aromatic heterocycles. The van der Waals surface area contributed by atoms with Crippen molar-refractivity contribution >= 4 is 11.9 Å². The summed E-state index contributed by atoms with van der Waals surface area (Å²) in [6.45, 7) is 2.71. The molecule has 1 N–H and O–H groups in total. The number of carbonyl (C=O) groups is 1. The lowest BCUT2D eigenvalue weighted by Gasteiger charge is -2.24. The van der Waals surface area contributed by atoms with E-state index in [1.54, 1.807) is 12.1 Å². The van der Waals surface area contributed by atoms with Crippen molar-refractivity contribution in [1.82, 2.24) is 10.1 Å². The Hall–Kier alpha value is -2.41. The van der Waals surface area contributed by atoms with Crippen LogP contribution in [0.1, 0.15) is 10.4 Å². The Kier molecular flexibility index (Phi) is 3.34. The van der Waals surface area contributed by atoms with E-state index >= 15 is 0 Å². The van der Waals surface area contributed by atoms with Gasteiger partial charge in [-0.2, -0.15) is 4.98 Å². The second-order valence-corrected chi connectivity index (χ2v) is 4.38. The number of carboxylic acids is 1. The molecule has 0 aliphatic carbocycles. The third kappa shape index (κ3) is 2.48. The summed E-state index contributed by atoms with van der Waals surface area (Å²) in [4.78, 5) is 17.2. The molecule has 2 aromatic rings. The number of aromatic nitrogens is 2. The first-order chi connectivity index (χ1) is 9.74. The number of hydrogen-bond donors (Lipinski definition) is 1. The zero-order valence-electron chi connectivity index (χ0n) is 10.7. The highest BCUT2D eigenvalue weighted by Gasteiger charge is 2.18. The van der Waals surface area contributed by atoms with Crippen LogP contribution < -0.4 is 4.90 Å². The highest BCUT2D eigenvalue weighted by atomic mass is 16.5. The predicted molar refractivity (Wildman–Crippen MR) is 69.7 cm³/mol. The summed E-state index contributed by atoms with van der Waals surface area (Å²) < 4.78 is 10.5. The molecule has 0 amide bonds. The van der Waals surface area contributed by atoms with Gasteiger partial charge < -0.3 is 19.3 Å². The van der Waals surface area contributed by atoms with Crippen molar-refractivity contribution in [2.45, 2.75) is 0 Å². The molecule has 0 radical (unpaired) electrons. The van der Waals surface area contributed by atoms with E-state index < -0.39 is 5.97 Å². The van der Waals surface area contributed by atoms with Gasteiger partial charge in [0.05, 0.1) is 18.8 Å². The van der Waals surface area contributed by atoms with Crippen LogP contribution in [0.3, 0.4) is 0 Å². The highest BCUT2D eigenvalue weighted by molar-refractivity contribution is 5.88. The molecule has 7 nitrogen and oxygen atoms in total. The molecule has 0 atom stereocenters. The molecule has 1 aromatic carbocycles. The Balaban J connectivity index is 1.85. The van der Waals surface area contributed by atoms with Crippen molar-refractivity contribution < 1.29 is 19.2 Å². The van der Waals surface area contributed by atoms with E-state index in [1.807, 2.05) is 4.90 Å². The number of benzene rings is 1. The third-order valence-corrected chi connectivity index (χ3v) is 3.07. The minimum atomic E-state index is -0.986. The maximum atomic E-state index is 10.9. The Labute approximate surface area is 114 Å². The summed E-state index contributed by atoms with van der Waals surface area (Å²) >= 11 is 0. The molecular formula is C13H13N3O4. The molecule has 1 aliphatic rings. The zero-order valence-corrected chi connectivity index (χ0v) is 10.7. The van der Waals surface area contributed by atoms with E-state index in [0.717, 1.165) is 0 Å². The van der Waals surface area contributed by atoms with Crippen molar-refractivity contribution in [2.24, 2.45) is 0 Å². The molecule has 0 saturated carbocycles. The molecule has 0 unspecified atom stereocenters. The number of carboxylic acid groups (broad SMARTS) is 1. The summed E-state index contributed by atoms with van der Waals surface area (Å²) in [6, 6.07) is 6.42. The maximum Gasteiger partial charge on any atom is 0.335 e. The molecule has 1 aliphatic heterocycles. The van der Waals surface area contributed by atoms with Crippen LogP contribution in [0.5, 0.6) is 0 Å². The summed E-state index contributed by atoms with van der Waals surface area (Å²) in [5.41, 5.74) is 0.783. The summed E-state index contributed by atoms with van der Waals surface area (Å²) in [7, 11) is 0. The molecule has 7 heteroatoms. The number of aromatic carboxylic acids is 1. The van der Waals surface area contributed by atoms with Gasteiger partial charge in [-0.25, -0.2) is 4.79 Å². The minimum absolute atomic E-state index is 0.189. The van der Waals surface area contributed by atoms with Crippen LogP contribution in [0.15, 0.2) is 28.8 Å². The SMILES string of the molecule is O=C(O)c1cccc(-c2nc(N3CCOCC3)no2)c1. The van der Waals surface area contributed by atoms with E-state index in [2.05, 4.69) is 10.1 Å². The van der Waals surface area contributed by atoms with Gasteiger partial charge in [-0.1, -0.05) is 6.07 Å². The Morgan fingerprint density at radius 3 is 2.85 bits per heavy atom. The van der Waals surface area contributed by atoms with Crippen LogP contribution in [-0.2, 0) is 4.74 Å². The van der Waals surface area contributed by atoms with Gasteiger partial charge in [-0.3, -0.25) is 0 Å². The fourth-order valence-electron chi connectivity index (χ4n) is 2.01. The van der Waals surface area contributed by atoms with E-state index in [9.17, 15) is 4.79 Å². The van der Waals surface area contributed by atoms with Gasteiger partial charge in [-0.05, 0) is 23.4 Å². The lowest BCUT2D eigenvalue weighted by molar-refractivity contribution is 0.0697. The molecule has 0 bridgehead atoms. The lowest BCUT2D eigenvalue weighted by atomic mass is 10.1. The van der Waals surface area contributed by atoms with Crippen LogP contribution in [-0.4, -0.2) is 47.5 Å². The predicted octanol–water partition coefficient (Wildman–Crippen LogP) is 1.27. The van der Waals surface area contributed by atoms with Crippen LogP contribution >= 0.6 is 0 Å². The van der Waals surface area contributed by atoms with Gasteiger partial charge in [0, 0.05) is 18.7 Å². The van der Waals surface area contributed by atoms with Crippen molar-refractivity contribution in [2.75, 3.05) is 31.2 Å². The third-order valence-electron chi connectivity index (χ3n) is 3.07. The molecule has 2 heterocycles. The Morgan fingerprint density at radius 2 is 2.10 bits per heavy atom. The van der Waals surface area contributed by atoms with Gasteiger partial charge in [0.25, 0.3) is 11.8 Å². The minimum Gasteiger partial charge on any atom is -0.478 e. The maximum absolute atomic E-state index is 10.9. The van der Waals surface area contributed by atoms with Crippen LogP contribution in [0, 0.1) is 0 Å². The van der Waals surface area contributed by atoms with Crippen molar-refractivity contribution in [3.63, 3.8) is 0 Å². The molecule has 20 heavy (non-hydrogen) atoms. The van der Waals surface area contributed by atoms with Crippen LogP contribution in [0.25, 0.3) is 11.5 Å². The molecule has 1 fully saturated rings. The monoisotopic (exact) mass is 275 g/mol. The first kappa shape index (κ1) is 12.6. The molecule has 1 saturated heterocycles. The first-order valence-electron chi connectivity index (χ1n) is 6.24. The topological polar surface area (TPSA) is 88.7 Å². The highest BCUT2D eigenvalue weighted by Crippen LogP contribution is 2.21. The van der Waals surface area contributed by atoms with Gasteiger partial charge >= 0.3 is 5.97 Å². The largest absolute Gasteiger partial charge is 0.478 e. The zero-order chi connectivity index (χ0) is 13.9. The van der Waals surface area contributed by atoms with Gasteiger partial charge in [0.1, 0.15) is 0 Å². The Morgan fingerprint density at radius 1 is 1.30 bits per heavy atom. The van der Waals surface area contributed by atoms with Gasteiger partial charge in [0.2, 0.25) is 0 Å². The van der Waals surface area contributed by atoms with E-state index in [1.165, 1.54) is 12.1 Å². The fourth-order valence-corrected chi connectivity index (χ4v) is 2.01. The summed E-state index contributed by atoms with van der Waals surface area (Å²) in [6.07, 6.45) is 0. The lowest BCUT2D eigenvalue weighted by Crippen LogP contribution is -2.36. The molecular weight excluding hydrogens is 262 g/mol. The number of morpholine rings is 1. The molecule has 3 rings (SSSR count). The fraction of sp³-hybridized carbons (Fsp3) is 0.308. The molecule has 104 valence electrons. The standard InChI is InChI=1S/C13H13N3O4/c17-12(18)10-3-1-2-9(8-10)11-14-13(15-20-11)16-4-6-19-7-5-16/h1-3,8H,4-7H2,(H,17,18). The van der Waals surface area contributed by atoms with Crippen LogP contribution in [0.4, 0.5) is 5.95 Å². The number of anilines is 1. The average molecular weight is 275 g/mol. The van der Waals surface area contributed by atoms with E-state index in [0.29, 0.717) is 43.7 Å². The Bertz CT molecular complexity index is 620. The smallest absolute Gasteiger partial charge is 0.335 e.